The van der Waals surface area contributed by atoms with Gasteiger partial charge in [-0.3, -0.25) is 10.00 Å². The van der Waals surface area contributed by atoms with Gasteiger partial charge in [0.1, 0.15) is 0 Å². The van der Waals surface area contributed by atoms with E-state index >= 15 is 0 Å². The van der Waals surface area contributed by atoms with Crippen LogP contribution in [0.2, 0.25) is 0 Å². The minimum Gasteiger partial charge on any atom is -0.339 e. The van der Waals surface area contributed by atoms with Crippen LogP contribution in [0.1, 0.15) is 29.1 Å². The number of hydrogen-bond donors (Lipinski definition) is 2. The zero-order valence-corrected chi connectivity index (χ0v) is 11.2. The third-order valence-electron chi connectivity index (χ3n) is 3.38. The molecule has 0 radical (unpaired) electrons. The van der Waals surface area contributed by atoms with E-state index in [9.17, 15) is 0 Å². The molecular formula is C12H18N6O. The number of likely N-dealkylation sites (N-methyl/N-ethyl adjacent to an activating group) is 1. The van der Waals surface area contributed by atoms with Gasteiger partial charge in [0.15, 0.2) is 5.82 Å². The van der Waals surface area contributed by atoms with Crippen molar-refractivity contribution >= 4 is 0 Å². The van der Waals surface area contributed by atoms with Gasteiger partial charge in [0.2, 0.25) is 5.89 Å². The van der Waals surface area contributed by atoms with Crippen molar-refractivity contribution in [2.75, 3.05) is 26.7 Å². The molecule has 1 atom stereocenters. The Hall–Kier alpha value is -1.73. The second kappa shape index (κ2) is 5.10. The van der Waals surface area contributed by atoms with E-state index in [4.69, 9.17) is 4.52 Å². The SMILES string of the molecule is Cc1cc(Cc2nc(C3CNCCN3C)no2)n[nH]1. The van der Waals surface area contributed by atoms with E-state index < -0.39 is 0 Å². The van der Waals surface area contributed by atoms with Gasteiger partial charge in [-0.2, -0.15) is 10.1 Å². The van der Waals surface area contributed by atoms with Crippen molar-refractivity contribution in [3.63, 3.8) is 0 Å². The topological polar surface area (TPSA) is 82.9 Å². The first-order valence-electron chi connectivity index (χ1n) is 6.46. The number of nitrogens with zero attached hydrogens (tertiary/aromatic N) is 4. The largest absolute Gasteiger partial charge is 0.339 e. The first-order valence-corrected chi connectivity index (χ1v) is 6.46. The van der Waals surface area contributed by atoms with Crippen LogP contribution in [0.3, 0.4) is 0 Å². The summed E-state index contributed by atoms with van der Waals surface area (Å²) in [4.78, 5) is 6.72. The summed E-state index contributed by atoms with van der Waals surface area (Å²) in [6.45, 7) is 4.83. The maximum absolute atomic E-state index is 5.31. The predicted molar refractivity (Wildman–Crippen MR) is 68.7 cm³/mol. The monoisotopic (exact) mass is 262 g/mol. The van der Waals surface area contributed by atoms with Crippen LogP contribution >= 0.6 is 0 Å². The zero-order valence-electron chi connectivity index (χ0n) is 11.2. The van der Waals surface area contributed by atoms with E-state index in [0.29, 0.717) is 12.3 Å². The van der Waals surface area contributed by atoms with E-state index in [1.165, 1.54) is 0 Å². The van der Waals surface area contributed by atoms with Crippen LogP contribution < -0.4 is 5.32 Å². The number of rotatable bonds is 3. The molecule has 0 amide bonds. The average molecular weight is 262 g/mol. The number of hydrogen-bond acceptors (Lipinski definition) is 6. The number of nitrogens with one attached hydrogen (secondary N) is 2. The second-order valence-electron chi connectivity index (χ2n) is 4.97. The highest BCUT2D eigenvalue weighted by Gasteiger charge is 2.25. The number of aromatic amines is 1. The highest BCUT2D eigenvalue weighted by atomic mass is 16.5. The fraction of sp³-hybridized carbons (Fsp3) is 0.583. The van der Waals surface area contributed by atoms with Crippen LogP contribution in [-0.2, 0) is 6.42 Å². The van der Waals surface area contributed by atoms with Crippen molar-refractivity contribution in [1.82, 2.24) is 30.6 Å². The molecule has 2 N–H and O–H groups in total. The van der Waals surface area contributed by atoms with Crippen molar-refractivity contribution in [3.05, 3.63) is 29.2 Å². The fourth-order valence-electron chi connectivity index (χ4n) is 2.29. The molecule has 1 aliphatic heterocycles. The maximum Gasteiger partial charge on any atom is 0.232 e. The van der Waals surface area contributed by atoms with Gasteiger partial charge in [-0.15, -0.1) is 0 Å². The van der Waals surface area contributed by atoms with Crippen LogP contribution in [0, 0.1) is 6.92 Å². The first kappa shape index (κ1) is 12.3. The highest BCUT2D eigenvalue weighted by Crippen LogP contribution is 2.18. The van der Waals surface area contributed by atoms with E-state index in [1.54, 1.807) is 0 Å². The second-order valence-corrected chi connectivity index (χ2v) is 4.97. The van der Waals surface area contributed by atoms with Gasteiger partial charge in [-0.25, -0.2) is 0 Å². The molecule has 102 valence electrons. The quantitative estimate of drug-likeness (QED) is 0.826. The molecular weight excluding hydrogens is 244 g/mol. The lowest BCUT2D eigenvalue weighted by molar-refractivity contribution is 0.190. The summed E-state index contributed by atoms with van der Waals surface area (Å²) in [6, 6.07) is 2.17. The lowest BCUT2D eigenvalue weighted by Gasteiger charge is -2.30. The molecule has 3 heterocycles. The van der Waals surface area contributed by atoms with E-state index in [2.05, 4.69) is 37.6 Å². The number of aryl methyl sites for hydroxylation is 1. The minimum absolute atomic E-state index is 0.187. The van der Waals surface area contributed by atoms with Gasteiger partial charge in [-0.05, 0) is 20.0 Å². The van der Waals surface area contributed by atoms with Crippen LogP contribution in [-0.4, -0.2) is 51.9 Å². The Bertz CT molecular complexity index is 548. The molecule has 0 aromatic carbocycles. The third-order valence-corrected chi connectivity index (χ3v) is 3.38. The van der Waals surface area contributed by atoms with E-state index in [1.807, 2.05) is 13.0 Å². The summed E-state index contributed by atoms with van der Waals surface area (Å²) in [7, 11) is 2.08. The van der Waals surface area contributed by atoms with Crippen LogP contribution in [0.25, 0.3) is 0 Å². The lowest BCUT2D eigenvalue weighted by Crippen LogP contribution is -2.44. The van der Waals surface area contributed by atoms with Crippen LogP contribution in [0.4, 0.5) is 0 Å². The smallest absolute Gasteiger partial charge is 0.232 e. The van der Waals surface area contributed by atoms with Crippen molar-refractivity contribution in [1.29, 1.82) is 0 Å². The Morgan fingerprint density at radius 1 is 1.53 bits per heavy atom. The van der Waals surface area contributed by atoms with Gasteiger partial charge in [0, 0.05) is 25.3 Å². The van der Waals surface area contributed by atoms with E-state index in [0.717, 1.165) is 36.8 Å². The van der Waals surface area contributed by atoms with Crippen molar-refractivity contribution in [3.8, 4) is 0 Å². The number of aromatic nitrogens is 4. The van der Waals surface area contributed by atoms with Gasteiger partial charge >= 0.3 is 0 Å². The molecule has 2 aromatic heterocycles. The minimum atomic E-state index is 0.187. The zero-order chi connectivity index (χ0) is 13.2. The first-order chi connectivity index (χ1) is 9.22. The Kier molecular flexibility index (Phi) is 3.31. The summed E-state index contributed by atoms with van der Waals surface area (Å²) < 4.78 is 5.31. The Balaban J connectivity index is 1.72. The summed E-state index contributed by atoms with van der Waals surface area (Å²) in [5, 5.41) is 14.5. The standard InChI is InChI=1S/C12H18N6O/c1-8-5-9(16-15-8)6-11-14-12(17-19-11)10-7-13-3-4-18(10)2/h5,10,13H,3-4,6-7H2,1-2H3,(H,15,16). The molecule has 0 spiro atoms. The number of H-pyrrole nitrogens is 1. The molecule has 1 unspecified atom stereocenters. The molecule has 0 bridgehead atoms. The van der Waals surface area contributed by atoms with E-state index in [-0.39, 0.29) is 6.04 Å². The maximum atomic E-state index is 5.31. The summed E-state index contributed by atoms with van der Waals surface area (Å²) >= 11 is 0. The third kappa shape index (κ3) is 2.66. The molecule has 2 aromatic rings. The van der Waals surface area contributed by atoms with Crippen molar-refractivity contribution in [2.24, 2.45) is 0 Å². The molecule has 1 fully saturated rings. The van der Waals surface area contributed by atoms with Crippen LogP contribution in [0.15, 0.2) is 10.6 Å². The molecule has 1 aliphatic rings. The number of piperazine rings is 1. The molecule has 0 aliphatic carbocycles. The van der Waals surface area contributed by atoms with Crippen molar-refractivity contribution < 1.29 is 4.52 Å². The van der Waals surface area contributed by atoms with Gasteiger partial charge < -0.3 is 9.84 Å². The van der Waals surface area contributed by atoms with Gasteiger partial charge in [0.05, 0.1) is 18.2 Å². The van der Waals surface area contributed by atoms with Crippen LogP contribution in [0.5, 0.6) is 0 Å². The predicted octanol–water partition coefficient (Wildman–Crippen LogP) is 0.268. The molecule has 1 saturated heterocycles. The summed E-state index contributed by atoms with van der Waals surface area (Å²) in [5.41, 5.74) is 1.95. The highest BCUT2D eigenvalue weighted by molar-refractivity contribution is 5.11. The molecule has 7 nitrogen and oxygen atoms in total. The summed E-state index contributed by atoms with van der Waals surface area (Å²) in [6.07, 6.45) is 0.571. The Morgan fingerprint density at radius 2 is 2.42 bits per heavy atom. The fourth-order valence-corrected chi connectivity index (χ4v) is 2.29. The molecule has 0 saturated carbocycles. The normalized spacial score (nSPS) is 20.8. The van der Waals surface area contributed by atoms with Gasteiger partial charge in [-0.1, -0.05) is 5.16 Å². The lowest BCUT2D eigenvalue weighted by atomic mass is 10.2. The molecule has 19 heavy (non-hydrogen) atoms. The average Bonchev–Trinajstić information content (AvgIpc) is 3.00. The van der Waals surface area contributed by atoms with Crippen molar-refractivity contribution in [2.45, 2.75) is 19.4 Å². The summed E-state index contributed by atoms with van der Waals surface area (Å²) in [5.74, 6) is 1.36. The Labute approximate surface area is 111 Å². The van der Waals surface area contributed by atoms with Gasteiger partial charge in [0.25, 0.3) is 0 Å². The molecule has 7 heteroatoms. The Morgan fingerprint density at radius 3 is 3.16 bits per heavy atom. The molecule has 3 rings (SSSR count).